The minimum Gasteiger partial charge on any atom is -0.341 e. The molecule has 0 aliphatic carbocycles. The van der Waals surface area contributed by atoms with Crippen LogP contribution in [0.25, 0.3) is 10.9 Å². The van der Waals surface area contributed by atoms with Gasteiger partial charge in [-0.05, 0) is 54.4 Å². The third kappa shape index (κ3) is 4.07. The molecule has 38 heavy (non-hydrogen) atoms. The van der Waals surface area contributed by atoms with Crippen molar-refractivity contribution in [1.29, 1.82) is 0 Å². The molecule has 2 N–H and O–H groups in total. The normalized spacial score (nSPS) is 14.9. The molecular formula is C26H17F5N4O3. The molecule has 0 bridgehead atoms. The third-order valence-corrected chi connectivity index (χ3v) is 6.41. The van der Waals surface area contributed by atoms with Crippen LogP contribution >= 0.6 is 0 Å². The fourth-order valence-corrected chi connectivity index (χ4v) is 4.65. The van der Waals surface area contributed by atoms with Gasteiger partial charge in [0.15, 0.2) is 6.29 Å². The number of carbonyl (C=O) groups excluding carboxylic acids is 3. The Kier molecular flexibility index (Phi) is 5.77. The molecule has 2 heterocycles. The molecule has 1 unspecified atom stereocenters. The Morgan fingerprint density at radius 2 is 1.84 bits per heavy atom. The molecule has 3 aromatic carbocycles. The number of benzene rings is 3. The summed E-state index contributed by atoms with van der Waals surface area (Å²) in [5.74, 6) is -3.57. The Morgan fingerprint density at radius 1 is 1.11 bits per heavy atom. The fraction of sp³-hybridized carbons (Fsp3) is 0.154. The van der Waals surface area contributed by atoms with Crippen LogP contribution in [0.2, 0.25) is 0 Å². The molecular weight excluding hydrogens is 511 g/mol. The van der Waals surface area contributed by atoms with Crippen molar-refractivity contribution >= 4 is 34.7 Å². The predicted molar refractivity (Wildman–Crippen MR) is 126 cm³/mol. The first-order valence-electron chi connectivity index (χ1n) is 11.1. The summed E-state index contributed by atoms with van der Waals surface area (Å²) < 4.78 is 69.0. The predicted octanol–water partition coefficient (Wildman–Crippen LogP) is 5.08. The first kappa shape index (κ1) is 25.1. The van der Waals surface area contributed by atoms with Gasteiger partial charge in [0.1, 0.15) is 22.8 Å². The minimum atomic E-state index is -4.90. The summed E-state index contributed by atoms with van der Waals surface area (Å²) in [7, 11) is 1.47. The van der Waals surface area contributed by atoms with E-state index in [9.17, 15) is 36.3 Å². The Balaban J connectivity index is 1.72. The molecule has 12 heteroatoms. The Bertz CT molecular complexity index is 1680. The number of aldehydes is 1. The van der Waals surface area contributed by atoms with Crippen molar-refractivity contribution in [3.8, 4) is 0 Å². The van der Waals surface area contributed by atoms with Gasteiger partial charge in [-0.15, -0.1) is 0 Å². The van der Waals surface area contributed by atoms with Crippen LogP contribution in [0, 0.1) is 18.6 Å². The van der Waals surface area contributed by atoms with E-state index >= 15 is 0 Å². The second-order valence-electron chi connectivity index (χ2n) is 8.82. The van der Waals surface area contributed by atoms with Gasteiger partial charge >= 0.3 is 6.18 Å². The van der Waals surface area contributed by atoms with Crippen LogP contribution in [0.3, 0.4) is 0 Å². The molecule has 0 saturated heterocycles. The number of aryl methyl sites for hydroxylation is 2. The van der Waals surface area contributed by atoms with Gasteiger partial charge in [0, 0.05) is 29.2 Å². The molecule has 0 fully saturated rings. The highest BCUT2D eigenvalue weighted by atomic mass is 19.4. The van der Waals surface area contributed by atoms with Crippen LogP contribution in [-0.4, -0.2) is 27.9 Å². The minimum absolute atomic E-state index is 0.00499. The van der Waals surface area contributed by atoms with Crippen LogP contribution in [0.5, 0.6) is 0 Å². The maximum Gasteiger partial charge on any atom is 0.416 e. The molecule has 1 aromatic heterocycles. The average Bonchev–Trinajstić information content (AvgIpc) is 3.35. The van der Waals surface area contributed by atoms with Crippen molar-refractivity contribution in [2.75, 3.05) is 5.32 Å². The van der Waals surface area contributed by atoms with Crippen LogP contribution in [0.4, 0.5) is 27.6 Å². The van der Waals surface area contributed by atoms with Crippen molar-refractivity contribution in [1.82, 2.24) is 15.1 Å². The Morgan fingerprint density at radius 3 is 2.53 bits per heavy atom. The van der Waals surface area contributed by atoms with E-state index < -0.39 is 46.8 Å². The lowest BCUT2D eigenvalue weighted by Crippen LogP contribution is -2.21. The Hall–Kier alpha value is -4.61. The fourth-order valence-electron chi connectivity index (χ4n) is 4.65. The maximum absolute atomic E-state index is 14.2. The summed E-state index contributed by atoms with van der Waals surface area (Å²) in [6, 6.07) is 5.74. The zero-order valence-electron chi connectivity index (χ0n) is 19.7. The second-order valence-corrected chi connectivity index (χ2v) is 8.82. The number of aromatic nitrogens is 2. The highest BCUT2D eigenvalue weighted by molar-refractivity contribution is 6.16. The van der Waals surface area contributed by atoms with E-state index in [1.807, 2.05) is 0 Å². The molecule has 0 radical (unpaired) electrons. The van der Waals surface area contributed by atoms with Crippen molar-refractivity contribution < 1.29 is 36.3 Å². The number of alkyl halides is 3. The van der Waals surface area contributed by atoms with Crippen LogP contribution < -0.4 is 10.6 Å². The van der Waals surface area contributed by atoms with E-state index in [0.29, 0.717) is 29.5 Å². The van der Waals surface area contributed by atoms with Gasteiger partial charge in [-0.25, -0.2) is 8.78 Å². The number of fused-ring (bicyclic) bond motifs is 3. The number of hydrogen-bond donors (Lipinski definition) is 2. The lowest BCUT2D eigenvalue weighted by molar-refractivity contribution is -0.137. The summed E-state index contributed by atoms with van der Waals surface area (Å²) >= 11 is 0. The van der Waals surface area contributed by atoms with E-state index in [0.717, 1.165) is 0 Å². The highest BCUT2D eigenvalue weighted by Crippen LogP contribution is 2.42. The van der Waals surface area contributed by atoms with Crippen molar-refractivity contribution in [2.24, 2.45) is 7.05 Å². The molecule has 7 nitrogen and oxygen atoms in total. The zero-order valence-corrected chi connectivity index (χ0v) is 19.7. The maximum atomic E-state index is 14.2. The van der Waals surface area contributed by atoms with Crippen LogP contribution in [0.15, 0.2) is 42.5 Å². The van der Waals surface area contributed by atoms with E-state index in [4.69, 9.17) is 0 Å². The average molecular weight is 528 g/mol. The largest absolute Gasteiger partial charge is 0.416 e. The van der Waals surface area contributed by atoms with E-state index in [2.05, 4.69) is 15.7 Å². The number of carbonyl (C=O) groups is 3. The summed E-state index contributed by atoms with van der Waals surface area (Å²) in [5, 5.41) is 9.65. The van der Waals surface area contributed by atoms with Crippen molar-refractivity contribution in [2.45, 2.75) is 19.1 Å². The topological polar surface area (TPSA) is 93.1 Å². The zero-order chi connectivity index (χ0) is 27.5. The van der Waals surface area contributed by atoms with Crippen LogP contribution in [-0.2, 0) is 13.2 Å². The highest BCUT2D eigenvalue weighted by Gasteiger charge is 2.38. The molecule has 0 spiro atoms. The molecule has 194 valence electrons. The summed E-state index contributed by atoms with van der Waals surface area (Å²) in [6.45, 7) is 1.69. The summed E-state index contributed by atoms with van der Waals surface area (Å²) in [4.78, 5) is 38.0. The molecule has 0 saturated carbocycles. The van der Waals surface area contributed by atoms with E-state index in [1.165, 1.54) is 36.0 Å². The second kappa shape index (κ2) is 8.75. The van der Waals surface area contributed by atoms with E-state index in [-0.39, 0.29) is 39.5 Å². The first-order valence-corrected chi connectivity index (χ1v) is 11.1. The number of rotatable bonds is 4. The van der Waals surface area contributed by atoms with Gasteiger partial charge in [0.2, 0.25) is 0 Å². The molecule has 1 atom stereocenters. The molecule has 4 aromatic rings. The molecule has 1 aliphatic rings. The lowest BCUT2D eigenvalue weighted by Gasteiger charge is -2.19. The van der Waals surface area contributed by atoms with Crippen molar-refractivity contribution in [3.63, 3.8) is 0 Å². The summed E-state index contributed by atoms with van der Waals surface area (Å²) in [5.41, 5.74) is -0.660. The quantitative estimate of drug-likeness (QED) is 0.286. The van der Waals surface area contributed by atoms with E-state index in [1.54, 1.807) is 6.92 Å². The first-order chi connectivity index (χ1) is 17.9. The summed E-state index contributed by atoms with van der Waals surface area (Å²) in [6.07, 6.45) is -4.40. The number of hydrogen-bond acceptors (Lipinski definition) is 4. The molecule has 2 amide bonds. The number of amides is 2. The molecule has 5 rings (SSSR count). The smallest absolute Gasteiger partial charge is 0.341 e. The van der Waals surface area contributed by atoms with Gasteiger partial charge in [-0.1, -0.05) is 6.07 Å². The number of halogens is 5. The van der Waals surface area contributed by atoms with Gasteiger partial charge in [0.05, 0.1) is 17.2 Å². The van der Waals surface area contributed by atoms with Gasteiger partial charge in [-0.2, -0.15) is 18.3 Å². The van der Waals surface area contributed by atoms with Gasteiger partial charge in [0.25, 0.3) is 11.8 Å². The van der Waals surface area contributed by atoms with Crippen LogP contribution in [0.1, 0.15) is 59.5 Å². The number of nitrogens with zero attached hydrogens (tertiary/aromatic N) is 2. The van der Waals surface area contributed by atoms with Gasteiger partial charge in [-0.3, -0.25) is 19.1 Å². The lowest BCUT2D eigenvalue weighted by atomic mass is 9.92. The van der Waals surface area contributed by atoms with Gasteiger partial charge < -0.3 is 10.6 Å². The third-order valence-electron chi connectivity index (χ3n) is 6.41. The Labute approximate surface area is 211 Å². The number of nitrogens with one attached hydrogen (secondary N) is 2. The molecule has 1 aliphatic heterocycles. The standard InChI is InChI=1S/C26H17F5N4O3/c1-11-3-4-14(27)8-16(11)22-20-18(32-24(37)12-5-13(26(29,30)31)7-15(28)6-12)9-17-19(10-36)35(2)34-23(17)21(20)25(38)33-22/h3-10,22H,1-2H3,(H,32,37)(H,33,38). The SMILES string of the molecule is Cc1ccc(F)cc1C1NC(=O)c2c1c(NC(=O)c1cc(F)cc(C(F)(F)F)c1)cc1c(C=O)n(C)nc21. The monoisotopic (exact) mass is 528 g/mol. The van der Waals surface area contributed by atoms with Crippen molar-refractivity contribution in [3.05, 3.63) is 93.2 Å². The number of anilines is 1.